The van der Waals surface area contributed by atoms with Gasteiger partial charge >= 0.3 is 24.0 Å². The van der Waals surface area contributed by atoms with Crippen molar-refractivity contribution in [2.75, 3.05) is 6.61 Å². The van der Waals surface area contributed by atoms with Crippen molar-refractivity contribution in [1.29, 1.82) is 0 Å². The molecule has 5 amide bonds. The van der Waals surface area contributed by atoms with E-state index in [2.05, 4.69) is 33.5 Å². The van der Waals surface area contributed by atoms with Crippen LogP contribution in [0.25, 0.3) is 11.1 Å². The third-order valence-electron chi connectivity index (χ3n) is 15.0. The smallest absolute Gasteiger partial charge is 0.407 e. The molecule has 0 saturated carbocycles. The SMILES string of the molecule is CCCCCCCCCCCC(CC(=O)OCc1ccccc1)OC(=O)[C@@H](NC(=O)[C@H](CC(C)C)NC(=O)[C@H](CC(=O)OC(C)(C)C)NC(=O)[C@@H](NC(=O)[C@H](CC(C)C)NC(=O)OCC1c2ccccc2-c2ccccc21)C(C)C)[C@@H](C)CC. The molecule has 0 aromatic heterocycles. The zero-order chi connectivity index (χ0) is 61.9. The van der Waals surface area contributed by atoms with Gasteiger partial charge in [-0.2, -0.15) is 0 Å². The van der Waals surface area contributed by atoms with Gasteiger partial charge in [-0.3, -0.25) is 28.8 Å². The molecular weight excluding hydrogens is 1070 g/mol. The largest absolute Gasteiger partial charge is 0.461 e. The molecule has 7 atom stereocenters. The lowest BCUT2D eigenvalue weighted by atomic mass is 9.97. The van der Waals surface area contributed by atoms with Gasteiger partial charge in [0.05, 0.1) is 12.8 Å². The monoisotopic (exact) mass is 1170 g/mol. The lowest BCUT2D eigenvalue weighted by Crippen LogP contribution is -2.60. The number of nitrogens with one attached hydrogen (secondary N) is 5. The van der Waals surface area contributed by atoms with Crippen LogP contribution in [0, 0.1) is 23.7 Å². The number of unbranched alkanes of at least 4 members (excludes halogenated alkanes) is 8. The van der Waals surface area contributed by atoms with Gasteiger partial charge in [0.25, 0.3) is 0 Å². The van der Waals surface area contributed by atoms with E-state index in [1.165, 1.54) is 25.7 Å². The average Bonchev–Trinajstić information content (AvgIpc) is 3.99. The number of carbonyl (C=O) groups excluding carboxylic acids is 8. The summed E-state index contributed by atoms with van der Waals surface area (Å²) in [5.74, 6) is -6.59. The summed E-state index contributed by atoms with van der Waals surface area (Å²) in [6.07, 6.45) is 8.44. The van der Waals surface area contributed by atoms with E-state index in [-0.39, 0.29) is 50.2 Å². The first-order chi connectivity index (χ1) is 39.9. The van der Waals surface area contributed by atoms with E-state index in [4.69, 9.17) is 18.9 Å². The standard InChI is InChI=1S/C67H99N5O12/c1-13-15-16-17-18-19-20-21-25-32-48(39-57(73)81-41-47-30-23-22-24-31-47)83-65(79)60(46(9)14-2)72-62(76)54(37-43(3)4)68-61(75)56(40-58(74)84-67(10,11)12)69-64(78)59(45(7)8)71-63(77)55(38-44(5)6)70-66(80)82-42-53-51-35-28-26-33-49(51)50-34-27-29-36-52(50)53/h22-24,26-31,33-36,43-46,48,53-56,59-60H,13-21,25,32,37-42H2,1-12H3,(H,68,75)(H,69,78)(H,70,80)(H,71,77)(H,72,76)/t46-,48?,54-,55-,56-,59-,60-/m0/s1. The van der Waals surface area contributed by atoms with Gasteiger partial charge in [-0.25, -0.2) is 9.59 Å². The van der Waals surface area contributed by atoms with Crippen LogP contribution in [0.1, 0.15) is 202 Å². The van der Waals surface area contributed by atoms with Crippen molar-refractivity contribution in [3.05, 3.63) is 95.6 Å². The average molecular weight is 1170 g/mol. The first-order valence-electron chi connectivity index (χ1n) is 30.9. The Morgan fingerprint density at radius 3 is 1.56 bits per heavy atom. The molecule has 17 heteroatoms. The van der Waals surface area contributed by atoms with Gasteiger partial charge in [-0.1, -0.05) is 199 Å². The normalized spacial score (nSPS) is 14.6. The summed E-state index contributed by atoms with van der Waals surface area (Å²) < 4.78 is 23.1. The number of hydrogen-bond donors (Lipinski definition) is 5. The van der Waals surface area contributed by atoms with Crippen LogP contribution in [-0.2, 0) is 59.1 Å². The van der Waals surface area contributed by atoms with Crippen LogP contribution in [0.5, 0.6) is 0 Å². The molecule has 5 N–H and O–H groups in total. The Kier molecular flexibility index (Phi) is 29.5. The first kappa shape index (κ1) is 69.7. The van der Waals surface area contributed by atoms with Crippen LogP contribution >= 0.6 is 0 Å². The zero-order valence-corrected chi connectivity index (χ0v) is 52.3. The van der Waals surface area contributed by atoms with Gasteiger partial charge in [0.1, 0.15) is 55.1 Å². The molecule has 1 unspecified atom stereocenters. The van der Waals surface area contributed by atoms with E-state index in [1.54, 1.807) is 41.5 Å². The second kappa shape index (κ2) is 35.5. The maximum absolute atomic E-state index is 14.6. The third-order valence-corrected chi connectivity index (χ3v) is 15.0. The van der Waals surface area contributed by atoms with E-state index >= 15 is 0 Å². The highest BCUT2D eigenvalue weighted by atomic mass is 16.6. The van der Waals surface area contributed by atoms with Gasteiger partial charge < -0.3 is 45.5 Å². The van der Waals surface area contributed by atoms with Gasteiger partial charge in [0.15, 0.2) is 0 Å². The van der Waals surface area contributed by atoms with Gasteiger partial charge in [0, 0.05) is 5.92 Å². The van der Waals surface area contributed by atoms with Crippen molar-refractivity contribution in [3.63, 3.8) is 0 Å². The van der Waals surface area contributed by atoms with Crippen LogP contribution in [-0.4, -0.2) is 96.2 Å². The number of benzene rings is 3. The Morgan fingerprint density at radius 2 is 1.02 bits per heavy atom. The Labute approximate surface area is 500 Å². The minimum absolute atomic E-state index is 0.0220. The Balaban J connectivity index is 1.50. The Hall–Kier alpha value is -6.78. The van der Waals surface area contributed by atoms with Crippen molar-refractivity contribution < 1.29 is 57.3 Å². The first-order valence-corrected chi connectivity index (χ1v) is 30.9. The maximum Gasteiger partial charge on any atom is 0.407 e. The fourth-order valence-corrected chi connectivity index (χ4v) is 10.3. The van der Waals surface area contributed by atoms with E-state index in [1.807, 2.05) is 113 Å². The van der Waals surface area contributed by atoms with Crippen LogP contribution in [0.4, 0.5) is 4.79 Å². The van der Waals surface area contributed by atoms with Crippen LogP contribution in [0.15, 0.2) is 78.9 Å². The maximum atomic E-state index is 14.6. The Morgan fingerprint density at radius 1 is 0.524 bits per heavy atom. The van der Waals surface area contributed by atoms with Crippen LogP contribution in [0.2, 0.25) is 0 Å². The minimum Gasteiger partial charge on any atom is -0.461 e. The molecule has 0 aliphatic heterocycles. The number of esters is 3. The second-order valence-corrected chi connectivity index (χ2v) is 24.8. The molecule has 0 fully saturated rings. The quantitative estimate of drug-likeness (QED) is 0.0208. The van der Waals surface area contributed by atoms with Crippen molar-refractivity contribution in [1.82, 2.24) is 26.6 Å². The highest BCUT2D eigenvalue weighted by Crippen LogP contribution is 2.44. The molecule has 0 spiro atoms. The molecule has 1 aliphatic carbocycles. The van der Waals surface area contributed by atoms with Gasteiger partial charge in [0.2, 0.25) is 23.6 Å². The predicted octanol–water partition coefficient (Wildman–Crippen LogP) is 11.3. The summed E-state index contributed by atoms with van der Waals surface area (Å²) in [5.41, 5.74) is 4.04. The molecule has 17 nitrogen and oxygen atoms in total. The predicted molar refractivity (Wildman–Crippen MR) is 326 cm³/mol. The van der Waals surface area contributed by atoms with Crippen molar-refractivity contribution in [2.24, 2.45) is 23.7 Å². The van der Waals surface area contributed by atoms with E-state index in [0.29, 0.717) is 19.3 Å². The molecule has 3 aromatic carbocycles. The van der Waals surface area contributed by atoms with E-state index in [9.17, 15) is 38.4 Å². The number of carbonyl (C=O) groups is 8. The molecule has 84 heavy (non-hydrogen) atoms. The highest BCUT2D eigenvalue weighted by molar-refractivity contribution is 5.97. The molecule has 4 rings (SSSR count). The molecule has 0 heterocycles. The number of alkyl carbamates (subject to hydrolysis) is 1. The number of amides is 5. The summed E-state index contributed by atoms with van der Waals surface area (Å²) in [6, 6.07) is 18.8. The molecule has 3 aromatic rings. The summed E-state index contributed by atoms with van der Waals surface area (Å²) in [5, 5.41) is 13.8. The number of fused-ring (bicyclic) bond motifs is 3. The highest BCUT2D eigenvalue weighted by Gasteiger charge is 2.38. The molecule has 0 bridgehead atoms. The molecule has 464 valence electrons. The van der Waals surface area contributed by atoms with Crippen molar-refractivity contribution in [3.8, 4) is 11.1 Å². The number of rotatable bonds is 36. The van der Waals surface area contributed by atoms with Crippen LogP contribution in [0.3, 0.4) is 0 Å². The summed E-state index contributed by atoms with van der Waals surface area (Å²) in [6.45, 7) is 21.8. The lowest BCUT2D eigenvalue weighted by Gasteiger charge is -2.30. The summed E-state index contributed by atoms with van der Waals surface area (Å²) in [4.78, 5) is 112. The Bertz CT molecular complexity index is 2530. The van der Waals surface area contributed by atoms with E-state index < -0.39 is 108 Å². The fourth-order valence-electron chi connectivity index (χ4n) is 10.3. The van der Waals surface area contributed by atoms with E-state index in [0.717, 1.165) is 53.5 Å². The molecule has 1 aliphatic rings. The number of ether oxygens (including phenoxy) is 4. The molecule has 0 saturated heterocycles. The lowest BCUT2D eigenvalue weighted by molar-refractivity contribution is -0.160. The zero-order valence-electron chi connectivity index (χ0n) is 52.3. The van der Waals surface area contributed by atoms with Gasteiger partial charge in [-0.15, -0.1) is 0 Å². The molecule has 0 radical (unpaired) electrons. The van der Waals surface area contributed by atoms with Crippen LogP contribution < -0.4 is 26.6 Å². The summed E-state index contributed by atoms with van der Waals surface area (Å²) >= 11 is 0. The molecular formula is C67H99N5O12. The number of hydrogen-bond acceptors (Lipinski definition) is 12. The third kappa shape index (κ3) is 24.1. The minimum atomic E-state index is -1.60. The van der Waals surface area contributed by atoms with Crippen molar-refractivity contribution in [2.45, 2.75) is 234 Å². The van der Waals surface area contributed by atoms with Gasteiger partial charge in [-0.05, 0) is 97.9 Å². The van der Waals surface area contributed by atoms with Crippen molar-refractivity contribution >= 4 is 47.6 Å². The summed E-state index contributed by atoms with van der Waals surface area (Å²) in [7, 11) is 0. The topological polar surface area (TPSA) is 234 Å². The second-order valence-electron chi connectivity index (χ2n) is 24.8. The fraction of sp³-hybridized carbons (Fsp3) is 0.612.